The molecule has 2 aromatic heterocycles. The largest absolute Gasteiger partial charge is 0.334 e. The lowest BCUT2D eigenvalue weighted by molar-refractivity contribution is 0.237. The number of urea groups is 1. The highest BCUT2D eigenvalue weighted by molar-refractivity contribution is 7.09. The van der Waals surface area contributed by atoms with Crippen molar-refractivity contribution in [1.29, 1.82) is 0 Å². The Bertz CT molecular complexity index is 812. The monoisotopic (exact) mass is 341 g/mol. The molecule has 0 unspecified atom stereocenters. The molecule has 0 saturated heterocycles. The lowest BCUT2D eigenvalue weighted by Gasteiger charge is -2.14. The summed E-state index contributed by atoms with van der Waals surface area (Å²) < 4.78 is 1.79. The maximum atomic E-state index is 12.1. The van der Waals surface area contributed by atoms with Crippen LogP contribution in [0.1, 0.15) is 29.2 Å². The first kappa shape index (κ1) is 16.2. The van der Waals surface area contributed by atoms with E-state index in [4.69, 9.17) is 0 Å². The van der Waals surface area contributed by atoms with Gasteiger partial charge in [-0.15, -0.1) is 11.3 Å². The van der Waals surface area contributed by atoms with E-state index in [-0.39, 0.29) is 12.1 Å². The summed E-state index contributed by atoms with van der Waals surface area (Å²) in [5.41, 5.74) is 2.91. The molecule has 0 saturated carbocycles. The van der Waals surface area contributed by atoms with Gasteiger partial charge in [0.2, 0.25) is 0 Å². The summed E-state index contributed by atoms with van der Waals surface area (Å²) in [6, 6.07) is 9.38. The Balaban J connectivity index is 1.61. The minimum absolute atomic E-state index is 0.120. The highest BCUT2D eigenvalue weighted by Gasteiger charge is 2.13. The van der Waals surface area contributed by atoms with Gasteiger partial charge >= 0.3 is 6.03 Å². The van der Waals surface area contributed by atoms with Gasteiger partial charge in [0.05, 0.1) is 11.7 Å². The third-order valence-electron chi connectivity index (χ3n) is 3.54. The molecule has 124 valence electrons. The summed E-state index contributed by atoms with van der Waals surface area (Å²) in [5.74, 6) is 0. The second kappa shape index (κ2) is 7.27. The van der Waals surface area contributed by atoms with Crippen LogP contribution in [0.15, 0.2) is 48.1 Å². The molecule has 0 radical (unpaired) electrons. The number of carbonyl (C=O) groups is 1. The van der Waals surface area contributed by atoms with Crippen LogP contribution in [0, 0.1) is 6.92 Å². The number of rotatable bonds is 5. The minimum atomic E-state index is -0.217. The molecule has 2 heterocycles. The summed E-state index contributed by atoms with van der Waals surface area (Å²) >= 11 is 1.55. The smallest absolute Gasteiger partial charge is 0.315 e. The summed E-state index contributed by atoms with van der Waals surface area (Å²) in [5, 5.41) is 12.9. The van der Waals surface area contributed by atoms with Gasteiger partial charge in [0.1, 0.15) is 5.01 Å². The average Bonchev–Trinajstić information content (AvgIpc) is 3.24. The van der Waals surface area contributed by atoms with Crippen LogP contribution in [-0.2, 0) is 6.54 Å². The predicted molar refractivity (Wildman–Crippen MR) is 94.2 cm³/mol. The average molecular weight is 341 g/mol. The summed E-state index contributed by atoms with van der Waals surface area (Å²) in [7, 11) is 0. The third-order valence-corrected chi connectivity index (χ3v) is 4.68. The van der Waals surface area contributed by atoms with E-state index < -0.39 is 0 Å². The standard InChI is InChI=1S/C17H19N5OS/c1-12-11-24-16(20-12)13(2)21-17(23)18-10-14-6-3-4-7-15(14)22-9-5-8-19-22/h3-9,11,13H,10H2,1-2H3,(H2,18,21,23)/t13-/m0/s1. The van der Waals surface area contributed by atoms with Crippen molar-refractivity contribution in [3.05, 3.63) is 64.4 Å². The van der Waals surface area contributed by atoms with Crippen LogP contribution in [0.5, 0.6) is 0 Å². The lowest BCUT2D eigenvalue weighted by atomic mass is 10.2. The van der Waals surface area contributed by atoms with Crippen LogP contribution >= 0.6 is 11.3 Å². The molecule has 0 aliphatic carbocycles. The number of nitrogens with one attached hydrogen (secondary N) is 2. The topological polar surface area (TPSA) is 71.8 Å². The molecular weight excluding hydrogens is 322 g/mol. The van der Waals surface area contributed by atoms with E-state index in [2.05, 4.69) is 20.7 Å². The predicted octanol–water partition coefficient (Wildman–Crippen LogP) is 3.20. The highest BCUT2D eigenvalue weighted by Crippen LogP contribution is 2.17. The first-order valence-corrected chi connectivity index (χ1v) is 8.56. The van der Waals surface area contributed by atoms with E-state index >= 15 is 0 Å². The van der Waals surface area contributed by atoms with Crippen molar-refractivity contribution in [2.45, 2.75) is 26.4 Å². The molecule has 0 spiro atoms. The fraction of sp³-hybridized carbons (Fsp3) is 0.235. The zero-order chi connectivity index (χ0) is 16.9. The van der Waals surface area contributed by atoms with Crippen molar-refractivity contribution < 1.29 is 4.79 Å². The van der Waals surface area contributed by atoms with E-state index in [0.717, 1.165) is 22.0 Å². The zero-order valence-electron chi connectivity index (χ0n) is 13.6. The van der Waals surface area contributed by atoms with E-state index in [9.17, 15) is 4.79 Å². The molecule has 3 rings (SSSR count). The van der Waals surface area contributed by atoms with Gasteiger partial charge in [-0.3, -0.25) is 0 Å². The van der Waals surface area contributed by atoms with Gasteiger partial charge < -0.3 is 10.6 Å². The third kappa shape index (κ3) is 3.80. The summed E-state index contributed by atoms with van der Waals surface area (Å²) in [4.78, 5) is 16.5. The van der Waals surface area contributed by atoms with Crippen LogP contribution in [0.3, 0.4) is 0 Å². The van der Waals surface area contributed by atoms with Crippen LogP contribution in [0.25, 0.3) is 5.69 Å². The molecule has 2 amide bonds. The van der Waals surface area contributed by atoms with Gasteiger partial charge in [-0.2, -0.15) is 5.10 Å². The van der Waals surface area contributed by atoms with Crippen LogP contribution in [-0.4, -0.2) is 20.8 Å². The van der Waals surface area contributed by atoms with Crippen LogP contribution in [0.4, 0.5) is 4.79 Å². The quantitative estimate of drug-likeness (QED) is 0.748. The number of hydrogen-bond acceptors (Lipinski definition) is 4. The first-order valence-electron chi connectivity index (χ1n) is 7.68. The molecule has 0 fully saturated rings. The number of thiazole rings is 1. The first-order chi connectivity index (χ1) is 11.6. The second-order valence-electron chi connectivity index (χ2n) is 5.46. The molecule has 1 aromatic carbocycles. The number of carbonyl (C=O) groups excluding carboxylic acids is 1. The second-order valence-corrected chi connectivity index (χ2v) is 6.34. The van der Waals surface area contributed by atoms with Crippen molar-refractivity contribution in [2.75, 3.05) is 0 Å². The Morgan fingerprint density at radius 2 is 2.17 bits per heavy atom. The van der Waals surface area contributed by atoms with Gasteiger partial charge in [-0.25, -0.2) is 14.5 Å². The molecule has 1 atom stereocenters. The molecule has 0 aliphatic rings. The molecule has 0 bridgehead atoms. The van der Waals surface area contributed by atoms with Crippen LogP contribution < -0.4 is 10.6 Å². The van der Waals surface area contributed by atoms with Crippen molar-refractivity contribution in [1.82, 2.24) is 25.4 Å². The molecule has 7 heteroatoms. The van der Waals surface area contributed by atoms with Crippen LogP contribution in [0.2, 0.25) is 0 Å². The molecule has 6 nitrogen and oxygen atoms in total. The van der Waals surface area contributed by atoms with Gasteiger partial charge in [-0.1, -0.05) is 18.2 Å². The van der Waals surface area contributed by atoms with E-state index in [1.165, 1.54) is 0 Å². The number of aryl methyl sites for hydroxylation is 1. The molecular formula is C17H19N5OS. The molecule has 24 heavy (non-hydrogen) atoms. The van der Waals surface area contributed by atoms with Gasteiger partial charge in [0, 0.05) is 30.0 Å². The highest BCUT2D eigenvalue weighted by atomic mass is 32.1. The van der Waals surface area contributed by atoms with Crippen molar-refractivity contribution in [3.63, 3.8) is 0 Å². The van der Waals surface area contributed by atoms with E-state index in [0.29, 0.717) is 6.54 Å². The number of hydrogen-bond donors (Lipinski definition) is 2. The Labute approximate surface area is 144 Å². The Hall–Kier alpha value is -2.67. The van der Waals surface area contributed by atoms with Gasteiger partial charge in [0.15, 0.2) is 0 Å². The number of nitrogens with zero attached hydrogens (tertiary/aromatic N) is 3. The number of benzene rings is 1. The molecule has 3 aromatic rings. The number of para-hydroxylation sites is 1. The fourth-order valence-corrected chi connectivity index (χ4v) is 3.15. The Kier molecular flexibility index (Phi) is 4.90. The normalized spacial score (nSPS) is 11.9. The summed E-state index contributed by atoms with van der Waals surface area (Å²) in [6.07, 6.45) is 3.61. The maximum absolute atomic E-state index is 12.1. The Morgan fingerprint density at radius 1 is 1.33 bits per heavy atom. The van der Waals surface area contributed by atoms with Crippen molar-refractivity contribution >= 4 is 17.4 Å². The lowest BCUT2D eigenvalue weighted by Crippen LogP contribution is -2.36. The Morgan fingerprint density at radius 3 is 2.88 bits per heavy atom. The maximum Gasteiger partial charge on any atom is 0.315 e. The molecule has 2 N–H and O–H groups in total. The fourth-order valence-electron chi connectivity index (χ4n) is 2.35. The van der Waals surface area contributed by atoms with Crippen molar-refractivity contribution in [3.8, 4) is 5.69 Å². The molecule has 0 aliphatic heterocycles. The number of amides is 2. The van der Waals surface area contributed by atoms with Gasteiger partial charge in [-0.05, 0) is 31.5 Å². The van der Waals surface area contributed by atoms with E-state index in [1.54, 1.807) is 22.2 Å². The van der Waals surface area contributed by atoms with E-state index in [1.807, 2.05) is 55.8 Å². The SMILES string of the molecule is Cc1csc([C@H](C)NC(=O)NCc2ccccc2-n2cccn2)n1. The zero-order valence-corrected chi connectivity index (χ0v) is 14.4. The number of aromatic nitrogens is 3. The summed E-state index contributed by atoms with van der Waals surface area (Å²) in [6.45, 7) is 4.29. The minimum Gasteiger partial charge on any atom is -0.334 e. The van der Waals surface area contributed by atoms with Gasteiger partial charge in [0.25, 0.3) is 0 Å². The van der Waals surface area contributed by atoms with Crippen molar-refractivity contribution in [2.24, 2.45) is 0 Å².